The molecule has 1 fully saturated rings. The topological polar surface area (TPSA) is 108 Å². The molecule has 0 unspecified atom stereocenters. The Bertz CT molecular complexity index is 1450. The summed E-state index contributed by atoms with van der Waals surface area (Å²) in [5.74, 6) is 0.919. The Labute approximate surface area is 221 Å². The molecule has 1 heterocycles. The van der Waals surface area contributed by atoms with Crippen LogP contribution >= 0.6 is 0 Å². The number of ether oxygens (including phenoxy) is 4. The number of carbonyl (C=O) groups excluding carboxylic acids is 2. The summed E-state index contributed by atoms with van der Waals surface area (Å²) in [6.07, 6.45) is 0.800. The van der Waals surface area contributed by atoms with Gasteiger partial charge in [0.15, 0.2) is 21.3 Å². The summed E-state index contributed by atoms with van der Waals surface area (Å²) in [7, 11) is -1.97. The normalized spacial score (nSPS) is 13.2. The first-order valence-electron chi connectivity index (χ1n) is 12.0. The van der Waals surface area contributed by atoms with E-state index in [1.165, 1.54) is 13.4 Å². The monoisotopic (exact) mass is 539 g/mol. The first-order valence-corrected chi connectivity index (χ1v) is 13.9. The van der Waals surface area contributed by atoms with E-state index in [2.05, 4.69) is 0 Å². The molecule has 0 radical (unpaired) electrons. The number of sulfone groups is 1. The highest BCUT2D eigenvalue weighted by atomic mass is 32.2. The molecule has 0 aliphatic carbocycles. The lowest BCUT2D eigenvalue weighted by Crippen LogP contribution is -2.23. The van der Waals surface area contributed by atoms with Gasteiger partial charge in [0.05, 0.1) is 38.1 Å². The highest BCUT2D eigenvalue weighted by Crippen LogP contribution is 2.37. The number of hydrogen-bond donors (Lipinski definition) is 0. The third-order valence-corrected chi connectivity index (χ3v) is 7.12. The smallest absolute Gasteiger partial charge is 0.410 e. The highest BCUT2D eigenvalue weighted by molar-refractivity contribution is 7.90. The molecule has 0 N–H and O–H groups in total. The van der Waals surface area contributed by atoms with Gasteiger partial charge in [0, 0.05) is 17.4 Å². The minimum atomic E-state index is -3.48. The summed E-state index contributed by atoms with van der Waals surface area (Å²) >= 11 is 0. The van der Waals surface area contributed by atoms with Gasteiger partial charge in [-0.1, -0.05) is 30.3 Å². The zero-order valence-corrected chi connectivity index (χ0v) is 22.2. The Kier molecular flexibility index (Phi) is 8.21. The lowest BCUT2D eigenvalue weighted by atomic mass is 10.0. The average Bonchev–Trinajstić information content (AvgIpc) is 3.29. The number of methoxy groups -OCH3 is 1. The van der Waals surface area contributed by atoms with Gasteiger partial charge in [0.25, 0.3) is 0 Å². The molecule has 200 valence electrons. The van der Waals surface area contributed by atoms with Crippen LogP contribution in [0.5, 0.6) is 17.2 Å². The molecule has 3 aromatic rings. The van der Waals surface area contributed by atoms with Gasteiger partial charge >= 0.3 is 12.1 Å². The molecule has 1 aliphatic heterocycles. The maximum absolute atomic E-state index is 12.4. The minimum absolute atomic E-state index is 0.0713. The number of amides is 1. The van der Waals surface area contributed by atoms with Gasteiger partial charge in [-0.25, -0.2) is 13.2 Å². The number of benzene rings is 3. The molecule has 4 rings (SSSR count). The van der Waals surface area contributed by atoms with E-state index in [1.807, 2.05) is 0 Å². The van der Waals surface area contributed by atoms with Crippen LogP contribution in [-0.2, 0) is 37.1 Å². The molecule has 38 heavy (non-hydrogen) atoms. The van der Waals surface area contributed by atoms with Gasteiger partial charge in [0.1, 0.15) is 12.4 Å². The van der Waals surface area contributed by atoms with Crippen molar-refractivity contribution in [2.45, 2.75) is 24.8 Å². The Hall–Kier alpha value is -4.05. The van der Waals surface area contributed by atoms with Crippen LogP contribution < -0.4 is 9.47 Å². The summed E-state index contributed by atoms with van der Waals surface area (Å²) in [6, 6.07) is 17.2. The van der Waals surface area contributed by atoms with Crippen molar-refractivity contribution in [2.24, 2.45) is 0 Å². The third-order valence-electron chi connectivity index (χ3n) is 5.97. The number of esters is 1. The van der Waals surface area contributed by atoms with Crippen molar-refractivity contribution in [3.05, 3.63) is 71.8 Å². The van der Waals surface area contributed by atoms with Crippen molar-refractivity contribution in [1.82, 2.24) is 4.90 Å². The maximum Gasteiger partial charge on any atom is 0.410 e. The van der Waals surface area contributed by atoms with Gasteiger partial charge in [0.2, 0.25) is 0 Å². The van der Waals surface area contributed by atoms with Crippen molar-refractivity contribution in [3.8, 4) is 28.4 Å². The van der Waals surface area contributed by atoms with Gasteiger partial charge in [-0.15, -0.1) is 0 Å². The van der Waals surface area contributed by atoms with E-state index in [4.69, 9.17) is 18.9 Å². The minimum Gasteiger partial charge on any atom is -0.493 e. The Balaban J connectivity index is 1.75. The third kappa shape index (κ3) is 6.25. The summed E-state index contributed by atoms with van der Waals surface area (Å²) in [4.78, 5) is 26.0. The summed E-state index contributed by atoms with van der Waals surface area (Å²) < 4.78 is 46.7. The number of nitrogens with zero attached hydrogens (tertiary/aromatic N) is 1. The predicted molar refractivity (Wildman–Crippen MR) is 140 cm³/mol. The van der Waals surface area contributed by atoms with Crippen LogP contribution in [0.4, 0.5) is 4.79 Å². The van der Waals surface area contributed by atoms with E-state index in [9.17, 15) is 18.0 Å². The van der Waals surface area contributed by atoms with Gasteiger partial charge in [-0.3, -0.25) is 4.79 Å². The van der Waals surface area contributed by atoms with Crippen LogP contribution in [0.3, 0.4) is 0 Å². The second kappa shape index (κ2) is 11.6. The second-order valence-electron chi connectivity index (χ2n) is 8.70. The Morgan fingerprint density at radius 3 is 2.47 bits per heavy atom. The Morgan fingerprint density at radius 1 is 1.03 bits per heavy atom. The van der Waals surface area contributed by atoms with Gasteiger partial charge < -0.3 is 23.8 Å². The van der Waals surface area contributed by atoms with Gasteiger partial charge in [-0.2, -0.15) is 0 Å². The molecule has 1 amide bonds. The zero-order valence-electron chi connectivity index (χ0n) is 21.4. The predicted octanol–water partition coefficient (Wildman–Crippen LogP) is 4.62. The molecule has 0 aromatic heterocycles. The van der Waals surface area contributed by atoms with E-state index in [0.29, 0.717) is 46.0 Å². The van der Waals surface area contributed by atoms with E-state index in [1.54, 1.807) is 72.5 Å². The molecular weight excluding hydrogens is 510 g/mol. The number of hydrogen-bond acceptors (Lipinski definition) is 8. The van der Waals surface area contributed by atoms with Crippen LogP contribution in [0.2, 0.25) is 0 Å². The van der Waals surface area contributed by atoms with Crippen LogP contribution in [0.25, 0.3) is 11.1 Å². The zero-order chi connectivity index (χ0) is 27.3. The number of cyclic esters (lactones) is 1. The lowest BCUT2D eigenvalue weighted by Gasteiger charge is -2.19. The van der Waals surface area contributed by atoms with Crippen molar-refractivity contribution in [2.75, 3.05) is 33.1 Å². The van der Waals surface area contributed by atoms with Crippen molar-refractivity contribution in [3.63, 3.8) is 0 Å². The fourth-order valence-corrected chi connectivity index (χ4v) is 5.09. The first-order chi connectivity index (χ1) is 18.2. The van der Waals surface area contributed by atoms with Crippen molar-refractivity contribution < 1.29 is 37.0 Å². The first kappa shape index (κ1) is 27.0. The van der Waals surface area contributed by atoms with Crippen molar-refractivity contribution in [1.29, 1.82) is 0 Å². The molecule has 1 aliphatic rings. The standard InChI is InChI=1S/C28H29NO8S/c1-4-35-27(30)16-19-9-11-24(34-2)25(15-19)37-23-12-10-20(17-21(23)18-29-13-14-36-28(29)31)22-7-5-6-8-26(22)38(3,32)33/h5-12,15,17H,4,13-14,16,18H2,1-3H3. The molecular formula is C28H29NO8S. The molecule has 0 bridgehead atoms. The largest absolute Gasteiger partial charge is 0.493 e. The fraction of sp³-hybridized carbons (Fsp3) is 0.286. The van der Waals surface area contributed by atoms with Crippen LogP contribution in [0, 0.1) is 0 Å². The molecule has 10 heteroatoms. The van der Waals surface area contributed by atoms with E-state index < -0.39 is 15.9 Å². The molecule has 0 spiro atoms. The average molecular weight is 540 g/mol. The quantitative estimate of drug-likeness (QED) is 0.344. The van der Waals surface area contributed by atoms with Crippen LogP contribution in [0.1, 0.15) is 18.1 Å². The van der Waals surface area contributed by atoms with Crippen molar-refractivity contribution >= 4 is 21.9 Å². The van der Waals surface area contributed by atoms with E-state index in [0.717, 1.165) is 0 Å². The molecule has 1 saturated heterocycles. The summed E-state index contributed by atoms with van der Waals surface area (Å²) in [5, 5.41) is 0. The van der Waals surface area contributed by atoms with E-state index in [-0.39, 0.29) is 37.0 Å². The second-order valence-corrected chi connectivity index (χ2v) is 10.7. The fourth-order valence-electron chi connectivity index (χ4n) is 4.18. The summed E-state index contributed by atoms with van der Waals surface area (Å²) in [6.45, 7) is 2.93. The lowest BCUT2D eigenvalue weighted by molar-refractivity contribution is -0.142. The molecule has 0 saturated carbocycles. The Morgan fingerprint density at radius 2 is 1.79 bits per heavy atom. The SMILES string of the molecule is CCOC(=O)Cc1ccc(OC)c(Oc2ccc(-c3ccccc3S(C)(=O)=O)cc2CN2CCOC2=O)c1. The van der Waals surface area contributed by atoms with Crippen LogP contribution in [-0.4, -0.2) is 58.5 Å². The number of carbonyl (C=O) groups is 2. The molecule has 3 aromatic carbocycles. The summed E-state index contributed by atoms with van der Waals surface area (Å²) in [5.41, 5.74) is 2.52. The molecule has 9 nitrogen and oxygen atoms in total. The van der Waals surface area contributed by atoms with E-state index >= 15 is 0 Å². The number of rotatable bonds is 10. The van der Waals surface area contributed by atoms with Crippen LogP contribution in [0.15, 0.2) is 65.6 Å². The highest BCUT2D eigenvalue weighted by Gasteiger charge is 2.24. The maximum atomic E-state index is 12.4. The van der Waals surface area contributed by atoms with Gasteiger partial charge in [-0.05, 0) is 48.4 Å². The molecule has 0 atom stereocenters.